The Labute approximate surface area is 127 Å². The molecule has 1 amide bonds. The normalized spacial score (nSPS) is 19.1. The van der Waals surface area contributed by atoms with Crippen LogP contribution in [0.25, 0.3) is 0 Å². The average molecular weight is 298 g/mol. The van der Waals surface area contributed by atoms with E-state index in [-0.39, 0.29) is 18.3 Å². The van der Waals surface area contributed by atoms with Crippen LogP contribution in [0, 0.1) is 5.92 Å². The van der Waals surface area contributed by atoms with Crippen LogP contribution in [-0.2, 0) is 6.54 Å². The molecule has 1 aliphatic heterocycles. The first-order valence-corrected chi connectivity index (χ1v) is 7.19. The molecule has 1 aliphatic rings. The van der Waals surface area contributed by atoms with Gasteiger partial charge in [0.15, 0.2) is 0 Å². The Kier molecular flexibility index (Phi) is 6.96. The molecule has 0 saturated carbocycles. The minimum absolute atomic E-state index is 0. The number of pyridine rings is 1. The number of hydrogen-bond acceptors (Lipinski definition) is 3. The lowest BCUT2D eigenvalue weighted by Gasteiger charge is -2.20. The highest BCUT2D eigenvalue weighted by molar-refractivity contribution is 5.94. The minimum atomic E-state index is 0. The second kappa shape index (κ2) is 8.22. The van der Waals surface area contributed by atoms with Gasteiger partial charge in [-0.3, -0.25) is 9.78 Å². The maximum atomic E-state index is 12.5. The fourth-order valence-electron chi connectivity index (χ4n) is 2.68. The first kappa shape index (κ1) is 16.9. The Balaban J connectivity index is 0.00000200. The molecule has 0 bridgehead atoms. The van der Waals surface area contributed by atoms with Crippen molar-refractivity contribution in [2.75, 3.05) is 13.1 Å². The van der Waals surface area contributed by atoms with Gasteiger partial charge in [-0.05, 0) is 37.3 Å². The number of halogens is 1. The number of aromatic nitrogens is 1. The molecule has 20 heavy (non-hydrogen) atoms. The van der Waals surface area contributed by atoms with Gasteiger partial charge < -0.3 is 10.6 Å². The van der Waals surface area contributed by atoms with Crippen molar-refractivity contribution >= 4 is 18.3 Å². The van der Waals surface area contributed by atoms with Crippen molar-refractivity contribution in [3.8, 4) is 0 Å². The van der Waals surface area contributed by atoms with E-state index in [0.717, 1.165) is 37.5 Å². The predicted octanol–water partition coefficient (Wildman–Crippen LogP) is 2.61. The van der Waals surface area contributed by atoms with Crippen molar-refractivity contribution in [2.45, 2.75) is 39.2 Å². The van der Waals surface area contributed by atoms with Gasteiger partial charge in [-0.2, -0.15) is 0 Å². The van der Waals surface area contributed by atoms with Crippen LogP contribution in [0.2, 0.25) is 0 Å². The van der Waals surface area contributed by atoms with E-state index in [1.165, 1.54) is 12.8 Å². The molecule has 1 unspecified atom stereocenters. The molecular weight excluding hydrogens is 274 g/mol. The van der Waals surface area contributed by atoms with Crippen LogP contribution in [0.5, 0.6) is 0 Å². The highest BCUT2D eigenvalue weighted by atomic mass is 35.5. The standard InChI is InChI=1S/C15H23N3O.ClH/c1-2-12-4-3-8-18(9-6-12)15(19)13-5-7-17-14(10-13)11-16;/h5,7,10,12H,2-4,6,8-9,11,16H2,1H3;1H. The second-order valence-corrected chi connectivity index (χ2v) is 5.24. The second-order valence-electron chi connectivity index (χ2n) is 5.24. The van der Waals surface area contributed by atoms with Gasteiger partial charge in [-0.1, -0.05) is 13.3 Å². The molecule has 0 radical (unpaired) electrons. The quantitative estimate of drug-likeness (QED) is 0.933. The lowest BCUT2D eigenvalue weighted by atomic mass is 9.98. The Morgan fingerprint density at radius 2 is 2.25 bits per heavy atom. The van der Waals surface area contributed by atoms with Crippen molar-refractivity contribution in [2.24, 2.45) is 11.7 Å². The summed E-state index contributed by atoms with van der Waals surface area (Å²) in [6.07, 6.45) is 6.36. The Bertz CT molecular complexity index is 439. The zero-order chi connectivity index (χ0) is 13.7. The smallest absolute Gasteiger partial charge is 0.253 e. The number of rotatable bonds is 3. The summed E-state index contributed by atoms with van der Waals surface area (Å²) in [6, 6.07) is 3.59. The number of likely N-dealkylation sites (tertiary alicyclic amines) is 1. The summed E-state index contributed by atoms with van der Waals surface area (Å²) in [5, 5.41) is 0. The molecule has 1 aromatic heterocycles. The predicted molar refractivity (Wildman–Crippen MR) is 82.9 cm³/mol. The SMILES string of the molecule is CCC1CCCN(C(=O)c2ccnc(CN)c2)CC1.Cl. The van der Waals surface area contributed by atoms with E-state index in [9.17, 15) is 4.79 Å². The van der Waals surface area contributed by atoms with E-state index in [1.807, 2.05) is 11.0 Å². The number of nitrogens with zero attached hydrogens (tertiary/aromatic N) is 2. The number of hydrogen-bond donors (Lipinski definition) is 1. The first-order valence-electron chi connectivity index (χ1n) is 7.19. The summed E-state index contributed by atoms with van der Waals surface area (Å²) < 4.78 is 0. The molecule has 0 aliphatic carbocycles. The van der Waals surface area contributed by atoms with Gasteiger partial charge >= 0.3 is 0 Å². The first-order chi connectivity index (χ1) is 9.24. The van der Waals surface area contributed by atoms with Crippen LogP contribution < -0.4 is 5.73 Å². The summed E-state index contributed by atoms with van der Waals surface area (Å²) in [5.41, 5.74) is 7.05. The lowest BCUT2D eigenvalue weighted by Crippen LogP contribution is -2.32. The van der Waals surface area contributed by atoms with Gasteiger partial charge in [-0.25, -0.2) is 0 Å². The number of nitrogens with two attached hydrogens (primary N) is 1. The maximum Gasteiger partial charge on any atom is 0.253 e. The highest BCUT2D eigenvalue weighted by Crippen LogP contribution is 2.21. The van der Waals surface area contributed by atoms with Crippen LogP contribution in [0.15, 0.2) is 18.3 Å². The zero-order valence-corrected chi connectivity index (χ0v) is 12.9. The monoisotopic (exact) mass is 297 g/mol. The molecule has 1 aromatic rings. The molecule has 2 N–H and O–H groups in total. The number of carbonyl (C=O) groups excluding carboxylic acids is 1. The molecule has 1 saturated heterocycles. The average Bonchev–Trinajstić information content (AvgIpc) is 2.72. The van der Waals surface area contributed by atoms with E-state index in [2.05, 4.69) is 11.9 Å². The van der Waals surface area contributed by atoms with Crippen LogP contribution in [0.4, 0.5) is 0 Å². The topological polar surface area (TPSA) is 59.2 Å². The Hall–Kier alpha value is -1.13. The number of carbonyl (C=O) groups is 1. The van der Waals surface area contributed by atoms with Crippen molar-refractivity contribution in [1.29, 1.82) is 0 Å². The largest absolute Gasteiger partial charge is 0.339 e. The molecule has 1 atom stereocenters. The van der Waals surface area contributed by atoms with Crippen molar-refractivity contribution < 1.29 is 4.79 Å². The summed E-state index contributed by atoms with van der Waals surface area (Å²) in [4.78, 5) is 18.6. The molecule has 0 spiro atoms. The fourth-order valence-corrected chi connectivity index (χ4v) is 2.68. The van der Waals surface area contributed by atoms with Gasteiger partial charge in [-0.15, -0.1) is 12.4 Å². The van der Waals surface area contributed by atoms with Crippen LogP contribution >= 0.6 is 12.4 Å². The van der Waals surface area contributed by atoms with E-state index in [1.54, 1.807) is 12.3 Å². The minimum Gasteiger partial charge on any atom is -0.339 e. The molecule has 5 heteroatoms. The lowest BCUT2D eigenvalue weighted by molar-refractivity contribution is 0.0759. The third-order valence-corrected chi connectivity index (χ3v) is 3.98. The van der Waals surface area contributed by atoms with Crippen LogP contribution in [0.3, 0.4) is 0 Å². The van der Waals surface area contributed by atoms with Gasteiger partial charge in [0.1, 0.15) is 0 Å². The van der Waals surface area contributed by atoms with E-state index < -0.39 is 0 Å². The highest BCUT2D eigenvalue weighted by Gasteiger charge is 2.20. The summed E-state index contributed by atoms with van der Waals surface area (Å²) in [5.74, 6) is 0.892. The Morgan fingerprint density at radius 1 is 1.45 bits per heavy atom. The van der Waals surface area contributed by atoms with Gasteiger partial charge in [0.25, 0.3) is 5.91 Å². The summed E-state index contributed by atoms with van der Waals surface area (Å²) in [6.45, 7) is 4.35. The molecular formula is C15H24ClN3O. The van der Waals surface area contributed by atoms with Gasteiger partial charge in [0.05, 0.1) is 5.69 Å². The molecule has 1 fully saturated rings. The third-order valence-electron chi connectivity index (χ3n) is 3.98. The summed E-state index contributed by atoms with van der Waals surface area (Å²) in [7, 11) is 0. The summed E-state index contributed by atoms with van der Waals surface area (Å²) >= 11 is 0. The van der Waals surface area contributed by atoms with Gasteiger partial charge in [0, 0.05) is 31.4 Å². The molecule has 2 rings (SSSR count). The van der Waals surface area contributed by atoms with E-state index in [4.69, 9.17) is 5.73 Å². The number of amides is 1. The third kappa shape index (κ3) is 4.18. The van der Waals surface area contributed by atoms with Crippen molar-refractivity contribution in [3.05, 3.63) is 29.6 Å². The van der Waals surface area contributed by atoms with E-state index >= 15 is 0 Å². The van der Waals surface area contributed by atoms with Gasteiger partial charge in [0.2, 0.25) is 0 Å². The van der Waals surface area contributed by atoms with Crippen LogP contribution in [0.1, 0.15) is 48.7 Å². The van der Waals surface area contributed by atoms with E-state index in [0.29, 0.717) is 12.1 Å². The molecule has 4 nitrogen and oxygen atoms in total. The maximum absolute atomic E-state index is 12.5. The van der Waals surface area contributed by atoms with Crippen molar-refractivity contribution in [3.63, 3.8) is 0 Å². The molecule has 2 heterocycles. The van der Waals surface area contributed by atoms with Crippen LogP contribution in [-0.4, -0.2) is 28.9 Å². The molecule has 0 aromatic carbocycles. The fraction of sp³-hybridized carbons (Fsp3) is 0.600. The zero-order valence-electron chi connectivity index (χ0n) is 12.0. The van der Waals surface area contributed by atoms with Crippen molar-refractivity contribution in [1.82, 2.24) is 9.88 Å². The Morgan fingerprint density at radius 3 is 2.95 bits per heavy atom. The molecule has 112 valence electrons.